The number of imidazole rings is 1. The summed E-state index contributed by atoms with van der Waals surface area (Å²) in [6.45, 7) is 5.60. The third-order valence-electron chi connectivity index (χ3n) is 3.46. The van der Waals surface area contributed by atoms with Crippen molar-refractivity contribution in [1.29, 1.82) is 0 Å². The fraction of sp³-hybridized carbons (Fsp3) is 0.333. The summed E-state index contributed by atoms with van der Waals surface area (Å²) in [7, 11) is 0. The lowest BCUT2D eigenvalue weighted by Gasteiger charge is -2.09. The normalized spacial score (nSPS) is 11.0. The Labute approximate surface area is 128 Å². The Bertz CT molecular complexity index is 780. The van der Waals surface area contributed by atoms with Gasteiger partial charge in [0.25, 0.3) is 0 Å². The quantitative estimate of drug-likeness (QED) is 0.699. The molecule has 3 rings (SSSR count). The summed E-state index contributed by atoms with van der Waals surface area (Å²) in [6, 6.07) is 1.99. The first-order chi connectivity index (χ1) is 10.6. The third-order valence-corrected chi connectivity index (χ3v) is 3.46. The molecule has 0 amide bonds. The Balaban J connectivity index is 1.71. The maximum atomic E-state index is 6.05. The van der Waals surface area contributed by atoms with Crippen LogP contribution >= 0.6 is 0 Å². The van der Waals surface area contributed by atoms with E-state index in [1.165, 1.54) is 0 Å². The van der Waals surface area contributed by atoms with Crippen LogP contribution in [0.1, 0.15) is 17.7 Å². The molecular weight excluding hydrogens is 278 g/mol. The highest BCUT2D eigenvalue weighted by Crippen LogP contribution is 2.22. The Morgan fingerprint density at radius 2 is 2.09 bits per heavy atom. The second-order valence-corrected chi connectivity index (χ2v) is 5.29. The minimum absolute atomic E-state index is 0.465. The molecule has 7 nitrogen and oxygen atoms in total. The van der Waals surface area contributed by atoms with Crippen molar-refractivity contribution in [1.82, 2.24) is 24.5 Å². The number of nitrogens with two attached hydrogens (primary N) is 1. The number of fused-ring (bicyclic) bond motifs is 1. The predicted octanol–water partition coefficient (Wildman–Crippen LogP) is 1.92. The van der Waals surface area contributed by atoms with Crippen LogP contribution in [0.4, 0.5) is 11.8 Å². The number of aryl methyl sites for hydroxylation is 3. The molecule has 0 spiro atoms. The number of nitrogen functional groups attached to an aromatic ring is 1. The fourth-order valence-corrected chi connectivity index (χ4v) is 2.47. The smallest absolute Gasteiger partial charge is 0.226 e. The largest absolute Gasteiger partial charge is 0.383 e. The lowest BCUT2D eigenvalue weighted by atomic mass is 10.1. The summed E-state index contributed by atoms with van der Waals surface area (Å²) in [5, 5.41) is 4.03. The highest BCUT2D eigenvalue weighted by Gasteiger charge is 2.09. The van der Waals surface area contributed by atoms with Crippen molar-refractivity contribution >= 4 is 22.8 Å². The molecule has 3 aromatic heterocycles. The maximum Gasteiger partial charge on any atom is 0.226 e. The van der Waals surface area contributed by atoms with E-state index in [1.807, 2.05) is 30.7 Å². The van der Waals surface area contributed by atoms with E-state index in [1.54, 1.807) is 12.5 Å². The molecule has 0 unspecified atom stereocenters. The van der Waals surface area contributed by atoms with E-state index in [9.17, 15) is 0 Å². The molecule has 22 heavy (non-hydrogen) atoms. The maximum absolute atomic E-state index is 6.05. The molecule has 0 fully saturated rings. The molecule has 3 heterocycles. The van der Waals surface area contributed by atoms with E-state index in [2.05, 4.69) is 25.3 Å². The van der Waals surface area contributed by atoms with Gasteiger partial charge in [-0.2, -0.15) is 9.97 Å². The molecule has 0 radical (unpaired) electrons. The molecule has 3 aromatic rings. The van der Waals surface area contributed by atoms with Crippen molar-refractivity contribution in [3.63, 3.8) is 0 Å². The molecule has 114 valence electrons. The van der Waals surface area contributed by atoms with Crippen molar-refractivity contribution in [2.24, 2.45) is 0 Å². The molecule has 0 aromatic carbocycles. The van der Waals surface area contributed by atoms with Gasteiger partial charge >= 0.3 is 0 Å². The van der Waals surface area contributed by atoms with Gasteiger partial charge in [-0.25, -0.2) is 9.97 Å². The van der Waals surface area contributed by atoms with E-state index in [-0.39, 0.29) is 0 Å². The minimum atomic E-state index is 0.465. The van der Waals surface area contributed by atoms with Gasteiger partial charge in [0, 0.05) is 31.2 Å². The van der Waals surface area contributed by atoms with E-state index >= 15 is 0 Å². The Morgan fingerprint density at radius 1 is 1.23 bits per heavy atom. The zero-order valence-corrected chi connectivity index (χ0v) is 12.7. The van der Waals surface area contributed by atoms with E-state index in [4.69, 9.17) is 5.73 Å². The Hall–Kier alpha value is -2.70. The number of rotatable bonds is 5. The molecule has 0 bridgehead atoms. The van der Waals surface area contributed by atoms with Gasteiger partial charge in [-0.3, -0.25) is 0 Å². The number of hydrogen-bond donors (Lipinski definition) is 2. The molecular formula is C15H19N7. The van der Waals surface area contributed by atoms with Gasteiger partial charge in [-0.1, -0.05) is 0 Å². The van der Waals surface area contributed by atoms with Gasteiger partial charge in [-0.05, 0) is 31.9 Å². The van der Waals surface area contributed by atoms with E-state index in [0.29, 0.717) is 17.4 Å². The van der Waals surface area contributed by atoms with Gasteiger partial charge in [0.15, 0.2) is 5.65 Å². The highest BCUT2D eigenvalue weighted by molar-refractivity contribution is 5.89. The highest BCUT2D eigenvalue weighted by atomic mass is 15.1. The summed E-state index contributed by atoms with van der Waals surface area (Å²) in [6.07, 6.45) is 6.47. The first-order valence-corrected chi connectivity index (χ1v) is 7.24. The van der Waals surface area contributed by atoms with E-state index < -0.39 is 0 Å². The fourth-order valence-electron chi connectivity index (χ4n) is 2.47. The Kier molecular flexibility index (Phi) is 3.86. The lowest BCUT2D eigenvalue weighted by Crippen LogP contribution is -2.10. The number of pyridine rings is 1. The molecule has 0 aliphatic carbocycles. The van der Waals surface area contributed by atoms with Crippen molar-refractivity contribution < 1.29 is 0 Å². The first kappa shape index (κ1) is 14.2. The average molecular weight is 297 g/mol. The number of aromatic nitrogens is 5. The van der Waals surface area contributed by atoms with Crippen LogP contribution in [0, 0.1) is 13.8 Å². The molecule has 3 N–H and O–H groups in total. The van der Waals surface area contributed by atoms with Crippen molar-refractivity contribution in [2.75, 3.05) is 17.6 Å². The number of anilines is 2. The van der Waals surface area contributed by atoms with Crippen LogP contribution in [0.5, 0.6) is 0 Å². The molecule has 0 aliphatic heterocycles. The van der Waals surface area contributed by atoms with Crippen LogP contribution in [0.3, 0.4) is 0 Å². The zero-order chi connectivity index (χ0) is 15.5. The first-order valence-electron chi connectivity index (χ1n) is 7.24. The van der Waals surface area contributed by atoms with Crippen molar-refractivity contribution in [3.05, 3.63) is 36.0 Å². The second-order valence-electron chi connectivity index (χ2n) is 5.29. The van der Waals surface area contributed by atoms with Crippen LogP contribution in [-0.2, 0) is 6.54 Å². The second kappa shape index (κ2) is 5.97. The van der Waals surface area contributed by atoms with Gasteiger partial charge < -0.3 is 15.6 Å². The molecule has 0 aliphatic rings. The predicted molar refractivity (Wildman–Crippen MR) is 86.6 cm³/mol. The van der Waals surface area contributed by atoms with Crippen LogP contribution in [0.15, 0.2) is 24.8 Å². The lowest BCUT2D eigenvalue weighted by molar-refractivity contribution is 0.659. The Morgan fingerprint density at radius 3 is 2.86 bits per heavy atom. The summed E-state index contributed by atoms with van der Waals surface area (Å²) >= 11 is 0. The van der Waals surface area contributed by atoms with Gasteiger partial charge in [0.1, 0.15) is 5.82 Å². The summed E-state index contributed by atoms with van der Waals surface area (Å²) in [5.41, 5.74) is 8.66. The SMILES string of the molecule is Cc1cc(C)c2c(N)nc(NCCCn3ccnc3)nc2n1. The molecule has 7 heteroatoms. The summed E-state index contributed by atoms with van der Waals surface area (Å²) < 4.78 is 2.03. The van der Waals surface area contributed by atoms with Crippen molar-refractivity contribution in [3.8, 4) is 0 Å². The van der Waals surface area contributed by atoms with Crippen molar-refractivity contribution in [2.45, 2.75) is 26.8 Å². The standard InChI is InChI=1S/C15H19N7/c1-10-8-11(2)19-14-12(10)13(16)20-15(21-14)18-4-3-6-22-7-5-17-9-22/h5,7-9H,3-4,6H2,1-2H3,(H3,16,18,19,20,21). The van der Waals surface area contributed by atoms with Gasteiger partial charge in [0.2, 0.25) is 5.95 Å². The summed E-state index contributed by atoms with van der Waals surface area (Å²) in [4.78, 5) is 17.2. The number of nitrogens with one attached hydrogen (secondary N) is 1. The van der Waals surface area contributed by atoms with Crippen LogP contribution in [-0.4, -0.2) is 31.0 Å². The van der Waals surface area contributed by atoms with E-state index in [0.717, 1.165) is 36.2 Å². The monoisotopic (exact) mass is 297 g/mol. The molecule has 0 atom stereocenters. The third kappa shape index (κ3) is 2.98. The zero-order valence-electron chi connectivity index (χ0n) is 12.7. The van der Waals surface area contributed by atoms with Gasteiger partial charge in [0.05, 0.1) is 11.7 Å². The minimum Gasteiger partial charge on any atom is -0.383 e. The van der Waals surface area contributed by atoms with Crippen LogP contribution in [0.2, 0.25) is 0 Å². The molecule has 0 saturated heterocycles. The van der Waals surface area contributed by atoms with Crippen LogP contribution in [0.25, 0.3) is 11.0 Å². The average Bonchev–Trinajstić information content (AvgIpc) is 2.95. The number of hydrogen-bond acceptors (Lipinski definition) is 6. The summed E-state index contributed by atoms with van der Waals surface area (Å²) in [5.74, 6) is 0.986. The topological polar surface area (TPSA) is 94.5 Å². The van der Waals surface area contributed by atoms with Gasteiger partial charge in [-0.15, -0.1) is 0 Å². The number of nitrogens with zero attached hydrogens (tertiary/aromatic N) is 5. The van der Waals surface area contributed by atoms with Crippen LogP contribution < -0.4 is 11.1 Å². The molecule has 0 saturated carbocycles.